The van der Waals surface area contributed by atoms with Crippen LogP contribution in [0.25, 0.3) is 10.1 Å². The van der Waals surface area contributed by atoms with Gasteiger partial charge in [0.1, 0.15) is 0 Å². The number of pyridine rings is 1. The van der Waals surface area contributed by atoms with Crippen molar-refractivity contribution < 1.29 is 0 Å². The number of fused-ring (bicyclic) bond motifs is 1. The molecule has 1 saturated heterocycles. The number of thiophene rings is 1. The van der Waals surface area contributed by atoms with Crippen LogP contribution in [0.3, 0.4) is 0 Å². The Bertz CT molecular complexity index is 457. The van der Waals surface area contributed by atoms with Crippen molar-refractivity contribution in [1.29, 1.82) is 0 Å². The minimum atomic E-state index is 0.691. The summed E-state index contributed by atoms with van der Waals surface area (Å²) in [6.45, 7) is 2.30. The Morgan fingerprint density at radius 2 is 2.47 bits per heavy atom. The Morgan fingerprint density at radius 1 is 1.47 bits per heavy atom. The third kappa shape index (κ3) is 1.66. The highest BCUT2D eigenvalue weighted by atomic mass is 32.1. The van der Waals surface area contributed by atoms with E-state index in [1.807, 2.05) is 23.7 Å². The summed E-state index contributed by atoms with van der Waals surface area (Å²) >= 11 is 1.84. The smallest absolute Gasteiger partial charge is 0.0376 e. The summed E-state index contributed by atoms with van der Waals surface area (Å²) in [7, 11) is 0. The van der Waals surface area contributed by atoms with Gasteiger partial charge in [0.15, 0.2) is 0 Å². The second-order valence-corrected chi connectivity index (χ2v) is 5.02. The first kappa shape index (κ1) is 9.31. The molecule has 0 aromatic carbocycles. The molecule has 2 aromatic rings. The molecule has 0 radical (unpaired) electrons. The Balaban J connectivity index is 2.02. The maximum absolute atomic E-state index is 4.23. The topological polar surface area (TPSA) is 24.9 Å². The number of rotatable bonds is 1. The van der Waals surface area contributed by atoms with Crippen LogP contribution in [0.5, 0.6) is 0 Å². The largest absolute Gasteiger partial charge is 0.316 e. The summed E-state index contributed by atoms with van der Waals surface area (Å²) in [5.74, 6) is 0.691. The highest BCUT2D eigenvalue weighted by molar-refractivity contribution is 7.17. The van der Waals surface area contributed by atoms with E-state index in [1.54, 1.807) is 0 Å². The van der Waals surface area contributed by atoms with Gasteiger partial charge in [0.2, 0.25) is 0 Å². The third-order valence-electron chi connectivity index (χ3n) is 3.14. The van der Waals surface area contributed by atoms with Gasteiger partial charge in [0, 0.05) is 29.0 Å². The van der Waals surface area contributed by atoms with Crippen LogP contribution in [0.4, 0.5) is 0 Å². The fourth-order valence-corrected chi connectivity index (χ4v) is 3.34. The van der Waals surface area contributed by atoms with E-state index < -0.39 is 0 Å². The monoisotopic (exact) mass is 218 g/mol. The first-order valence-electron chi connectivity index (χ1n) is 5.47. The summed E-state index contributed by atoms with van der Waals surface area (Å²) in [5.41, 5.74) is 1.50. The zero-order valence-corrected chi connectivity index (χ0v) is 9.39. The van der Waals surface area contributed by atoms with E-state index in [0.29, 0.717) is 5.92 Å². The fraction of sp³-hybridized carbons (Fsp3) is 0.417. The van der Waals surface area contributed by atoms with E-state index in [-0.39, 0.29) is 0 Å². The molecule has 15 heavy (non-hydrogen) atoms. The van der Waals surface area contributed by atoms with E-state index in [9.17, 15) is 0 Å². The SMILES string of the molecule is c1cc2scc(C3CCCNC3)c2cn1. The molecule has 2 aromatic heterocycles. The van der Waals surface area contributed by atoms with E-state index in [1.165, 1.54) is 35.0 Å². The van der Waals surface area contributed by atoms with Crippen LogP contribution in [0.15, 0.2) is 23.8 Å². The normalized spacial score (nSPS) is 22.0. The molecule has 3 rings (SSSR count). The zero-order valence-electron chi connectivity index (χ0n) is 8.57. The van der Waals surface area contributed by atoms with Crippen LogP contribution in [-0.4, -0.2) is 18.1 Å². The van der Waals surface area contributed by atoms with Crippen LogP contribution >= 0.6 is 11.3 Å². The highest BCUT2D eigenvalue weighted by Gasteiger charge is 2.18. The summed E-state index contributed by atoms with van der Waals surface area (Å²) < 4.78 is 1.37. The molecule has 78 valence electrons. The van der Waals surface area contributed by atoms with Crippen molar-refractivity contribution in [2.24, 2.45) is 0 Å². The van der Waals surface area contributed by atoms with E-state index >= 15 is 0 Å². The maximum atomic E-state index is 4.23. The molecular formula is C12H14N2S. The summed E-state index contributed by atoms with van der Waals surface area (Å²) in [5, 5.41) is 7.14. The van der Waals surface area contributed by atoms with Crippen molar-refractivity contribution in [3.63, 3.8) is 0 Å². The minimum absolute atomic E-state index is 0.691. The second kappa shape index (κ2) is 3.91. The quantitative estimate of drug-likeness (QED) is 0.796. The molecule has 0 spiro atoms. The number of hydrogen-bond acceptors (Lipinski definition) is 3. The summed E-state index contributed by atoms with van der Waals surface area (Å²) in [4.78, 5) is 4.23. The Morgan fingerprint density at radius 3 is 3.33 bits per heavy atom. The molecule has 0 bridgehead atoms. The van der Waals surface area contributed by atoms with Gasteiger partial charge in [0.25, 0.3) is 0 Å². The first-order valence-corrected chi connectivity index (χ1v) is 6.35. The van der Waals surface area contributed by atoms with Crippen LogP contribution in [-0.2, 0) is 0 Å². The average molecular weight is 218 g/mol. The molecule has 1 aliphatic rings. The molecule has 3 heteroatoms. The van der Waals surface area contributed by atoms with Gasteiger partial charge in [-0.05, 0) is 42.3 Å². The molecule has 0 aliphatic carbocycles. The summed E-state index contributed by atoms with van der Waals surface area (Å²) in [6.07, 6.45) is 6.49. The van der Waals surface area contributed by atoms with Gasteiger partial charge < -0.3 is 5.32 Å². The van der Waals surface area contributed by atoms with Crippen LogP contribution in [0.2, 0.25) is 0 Å². The number of hydrogen-bond donors (Lipinski definition) is 1. The van der Waals surface area contributed by atoms with Crippen molar-refractivity contribution in [3.05, 3.63) is 29.4 Å². The number of nitrogens with zero attached hydrogens (tertiary/aromatic N) is 1. The molecule has 3 heterocycles. The third-order valence-corrected chi connectivity index (χ3v) is 4.12. The standard InChI is InChI=1S/C12H14N2S/c1-2-9(6-13-4-1)11-8-15-12-3-5-14-7-10(11)12/h3,5,7-9,13H,1-2,4,6H2. The number of piperidine rings is 1. The van der Waals surface area contributed by atoms with Crippen LogP contribution in [0, 0.1) is 0 Å². The fourth-order valence-electron chi connectivity index (χ4n) is 2.33. The molecule has 1 atom stereocenters. The lowest BCUT2D eigenvalue weighted by molar-refractivity contribution is 0.464. The van der Waals surface area contributed by atoms with Crippen molar-refractivity contribution in [2.45, 2.75) is 18.8 Å². The lowest BCUT2D eigenvalue weighted by atomic mass is 9.92. The van der Waals surface area contributed by atoms with Gasteiger partial charge >= 0.3 is 0 Å². The zero-order chi connectivity index (χ0) is 10.1. The van der Waals surface area contributed by atoms with Gasteiger partial charge in [-0.1, -0.05) is 0 Å². The summed E-state index contributed by atoms with van der Waals surface area (Å²) in [6, 6.07) is 2.11. The molecule has 1 fully saturated rings. The molecule has 1 unspecified atom stereocenters. The van der Waals surface area contributed by atoms with Crippen LogP contribution < -0.4 is 5.32 Å². The second-order valence-electron chi connectivity index (χ2n) is 4.11. The van der Waals surface area contributed by atoms with E-state index in [4.69, 9.17) is 0 Å². The maximum Gasteiger partial charge on any atom is 0.0376 e. The Kier molecular flexibility index (Phi) is 2.43. The van der Waals surface area contributed by atoms with Gasteiger partial charge in [-0.2, -0.15) is 0 Å². The van der Waals surface area contributed by atoms with Crippen molar-refractivity contribution in [2.75, 3.05) is 13.1 Å². The van der Waals surface area contributed by atoms with Crippen molar-refractivity contribution >= 4 is 21.4 Å². The first-order chi connectivity index (χ1) is 7.45. The molecule has 0 saturated carbocycles. The lowest BCUT2D eigenvalue weighted by Gasteiger charge is -2.22. The Labute approximate surface area is 93.3 Å². The van der Waals surface area contributed by atoms with Crippen molar-refractivity contribution in [3.8, 4) is 0 Å². The van der Waals surface area contributed by atoms with Gasteiger partial charge in [-0.3, -0.25) is 4.98 Å². The average Bonchev–Trinajstić information content (AvgIpc) is 2.74. The minimum Gasteiger partial charge on any atom is -0.316 e. The van der Waals surface area contributed by atoms with Gasteiger partial charge in [-0.25, -0.2) is 0 Å². The van der Waals surface area contributed by atoms with Crippen molar-refractivity contribution in [1.82, 2.24) is 10.3 Å². The number of nitrogens with one attached hydrogen (secondary N) is 1. The molecule has 1 N–H and O–H groups in total. The lowest BCUT2D eigenvalue weighted by Crippen LogP contribution is -2.28. The highest BCUT2D eigenvalue weighted by Crippen LogP contribution is 2.33. The molecule has 2 nitrogen and oxygen atoms in total. The molecule has 0 amide bonds. The predicted octanol–water partition coefficient (Wildman–Crippen LogP) is 2.76. The number of aromatic nitrogens is 1. The van der Waals surface area contributed by atoms with E-state index in [0.717, 1.165) is 6.54 Å². The van der Waals surface area contributed by atoms with Gasteiger partial charge in [0.05, 0.1) is 0 Å². The Hall–Kier alpha value is -0.930. The van der Waals surface area contributed by atoms with E-state index in [2.05, 4.69) is 21.7 Å². The molecule has 1 aliphatic heterocycles. The molecular weight excluding hydrogens is 204 g/mol. The predicted molar refractivity (Wildman–Crippen MR) is 64.5 cm³/mol. The van der Waals surface area contributed by atoms with Crippen LogP contribution in [0.1, 0.15) is 24.3 Å². The van der Waals surface area contributed by atoms with Gasteiger partial charge in [-0.15, -0.1) is 11.3 Å².